The molecule has 3 aromatic rings. The van der Waals surface area contributed by atoms with E-state index < -0.39 is 0 Å². The van der Waals surface area contributed by atoms with Gasteiger partial charge in [-0.15, -0.1) is 0 Å². The second-order valence-electron chi connectivity index (χ2n) is 3.89. The molecule has 2 aromatic heterocycles. The van der Waals surface area contributed by atoms with Crippen LogP contribution in [0.25, 0.3) is 5.65 Å². The predicted octanol–water partition coefficient (Wildman–Crippen LogP) is 3.38. The lowest BCUT2D eigenvalue weighted by Gasteiger charge is -1.96. The topological polar surface area (TPSA) is 47.3 Å². The third-order valence-corrected chi connectivity index (χ3v) is 3.51. The van der Waals surface area contributed by atoms with E-state index in [2.05, 4.69) is 25.9 Å². The summed E-state index contributed by atoms with van der Waals surface area (Å²) in [5.41, 5.74) is 1.49. The lowest BCUT2D eigenvalue weighted by Crippen LogP contribution is -2.00. The van der Waals surface area contributed by atoms with Crippen molar-refractivity contribution in [3.8, 4) is 0 Å². The molecule has 0 fully saturated rings. The first kappa shape index (κ1) is 12.3. The second kappa shape index (κ2) is 4.75. The number of ketones is 1. The standard InChI is InChI=1S/C13H7BrClN3O/c14-9-6-16-13(15)18-7-10(17-12(9)18)11(19)8-4-2-1-3-5-8/h1-7H. The molecule has 1 aromatic carbocycles. The summed E-state index contributed by atoms with van der Waals surface area (Å²) in [6.45, 7) is 0. The zero-order chi connectivity index (χ0) is 13.4. The van der Waals surface area contributed by atoms with Gasteiger partial charge >= 0.3 is 0 Å². The Labute approximate surface area is 122 Å². The highest BCUT2D eigenvalue weighted by atomic mass is 79.9. The summed E-state index contributed by atoms with van der Waals surface area (Å²) in [5.74, 6) is -0.146. The monoisotopic (exact) mass is 335 g/mol. The summed E-state index contributed by atoms with van der Waals surface area (Å²) in [7, 11) is 0. The molecule has 2 heterocycles. The van der Waals surface area contributed by atoms with Crippen LogP contribution in [-0.4, -0.2) is 20.2 Å². The molecule has 0 saturated carbocycles. The molecule has 0 atom stereocenters. The normalized spacial score (nSPS) is 10.8. The van der Waals surface area contributed by atoms with E-state index in [0.29, 0.717) is 21.4 Å². The van der Waals surface area contributed by atoms with Gasteiger partial charge in [0.1, 0.15) is 5.69 Å². The lowest BCUT2D eigenvalue weighted by molar-refractivity contribution is 0.103. The molecule has 0 spiro atoms. The van der Waals surface area contributed by atoms with Crippen LogP contribution >= 0.6 is 27.5 Å². The molecule has 0 aliphatic rings. The number of carbonyl (C=O) groups is 1. The Morgan fingerprint density at radius 3 is 2.68 bits per heavy atom. The highest BCUT2D eigenvalue weighted by Gasteiger charge is 2.15. The molecule has 6 heteroatoms. The Morgan fingerprint density at radius 2 is 2.00 bits per heavy atom. The molecule has 0 bridgehead atoms. The van der Waals surface area contributed by atoms with E-state index in [1.165, 1.54) is 0 Å². The average Bonchev–Trinajstić information content (AvgIpc) is 2.89. The van der Waals surface area contributed by atoms with Crippen molar-refractivity contribution in [2.24, 2.45) is 0 Å². The van der Waals surface area contributed by atoms with Gasteiger partial charge in [-0.3, -0.25) is 9.20 Å². The second-order valence-corrected chi connectivity index (χ2v) is 5.08. The van der Waals surface area contributed by atoms with Crippen LogP contribution in [0, 0.1) is 0 Å². The molecule has 0 aliphatic heterocycles. The number of aromatic nitrogens is 3. The molecule has 94 valence electrons. The van der Waals surface area contributed by atoms with Gasteiger partial charge in [-0.1, -0.05) is 30.3 Å². The number of fused-ring (bicyclic) bond motifs is 1. The summed E-state index contributed by atoms with van der Waals surface area (Å²) in [6, 6.07) is 8.99. The van der Waals surface area contributed by atoms with Gasteiger partial charge in [0, 0.05) is 18.0 Å². The maximum atomic E-state index is 12.3. The highest BCUT2D eigenvalue weighted by molar-refractivity contribution is 9.10. The third-order valence-electron chi connectivity index (χ3n) is 2.67. The predicted molar refractivity (Wildman–Crippen MR) is 75.6 cm³/mol. The zero-order valence-electron chi connectivity index (χ0n) is 9.55. The average molecular weight is 337 g/mol. The molecular formula is C13H7BrClN3O. The molecule has 0 radical (unpaired) electrons. The molecule has 0 amide bonds. The number of nitrogens with zero attached hydrogens (tertiary/aromatic N) is 3. The summed E-state index contributed by atoms with van der Waals surface area (Å²) in [4.78, 5) is 20.6. The smallest absolute Gasteiger partial charge is 0.212 e. The van der Waals surface area contributed by atoms with Crippen molar-refractivity contribution in [1.29, 1.82) is 0 Å². The van der Waals surface area contributed by atoms with Crippen molar-refractivity contribution >= 4 is 39.0 Å². The minimum Gasteiger partial charge on any atom is -0.287 e. The van der Waals surface area contributed by atoms with Gasteiger partial charge in [0.2, 0.25) is 11.1 Å². The number of carbonyl (C=O) groups excluding carboxylic acids is 1. The van der Waals surface area contributed by atoms with Crippen molar-refractivity contribution in [2.45, 2.75) is 0 Å². The molecule has 0 unspecified atom stereocenters. The maximum absolute atomic E-state index is 12.3. The largest absolute Gasteiger partial charge is 0.287 e. The highest BCUT2D eigenvalue weighted by Crippen LogP contribution is 2.21. The maximum Gasteiger partial charge on any atom is 0.212 e. The van der Waals surface area contributed by atoms with Crippen LogP contribution in [0.1, 0.15) is 16.1 Å². The van der Waals surface area contributed by atoms with E-state index in [-0.39, 0.29) is 11.1 Å². The van der Waals surface area contributed by atoms with Gasteiger partial charge in [0.05, 0.1) is 4.47 Å². The van der Waals surface area contributed by atoms with Crippen LogP contribution in [0.2, 0.25) is 5.28 Å². The van der Waals surface area contributed by atoms with Gasteiger partial charge in [-0.25, -0.2) is 9.97 Å². The van der Waals surface area contributed by atoms with Crippen LogP contribution in [0.3, 0.4) is 0 Å². The van der Waals surface area contributed by atoms with Crippen LogP contribution in [0.5, 0.6) is 0 Å². The molecular weight excluding hydrogens is 330 g/mol. The van der Waals surface area contributed by atoms with Crippen molar-refractivity contribution in [1.82, 2.24) is 14.4 Å². The molecule has 0 aliphatic carbocycles. The lowest BCUT2D eigenvalue weighted by atomic mass is 10.1. The Kier molecular flexibility index (Phi) is 3.08. The molecule has 0 N–H and O–H groups in total. The number of hydrogen-bond acceptors (Lipinski definition) is 3. The fourth-order valence-electron chi connectivity index (χ4n) is 1.77. The van der Waals surface area contributed by atoms with Crippen molar-refractivity contribution < 1.29 is 4.79 Å². The van der Waals surface area contributed by atoms with Gasteiger partial charge in [0.15, 0.2) is 5.65 Å². The summed E-state index contributed by atoms with van der Waals surface area (Å²) in [5, 5.41) is 0.262. The number of benzene rings is 1. The fraction of sp³-hybridized carbons (Fsp3) is 0. The van der Waals surface area contributed by atoms with E-state index in [1.54, 1.807) is 28.9 Å². The Hall–Kier alpha value is -1.72. The van der Waals surface area contributed by atoms with Crippen LogP contribution in [0.4, 0.5) is 0 Å². The van der Waals surface area contributed by atoms with Gasteiger partial charge in [-0.05, 0) is 27.5 Å². The van der Waals surface area contributed by atoms with Crippen LogP contribution < -0.4 is 0 Å². The van der Waals surface area contributed by atoms with E-state index >= 15 is 0 Å². The number of hydrogen-bond donors (Lipinski definition) is 0. The van der Waals surface area contributed by atoms with E-state index in [0.717, 1.165) is 0 Å². The molecule has 0 saturated heterocycles. The summed E-state index contributed by atoms with van der Waals surface area (Å²) < 4.78 is 2.26. The Bertz CT molecular complexity index is 731. The molecule has 4 nitrogen and oxygen atoms in total. The van der Waals surface area contributed by atoms with Crippen molar-refractivity contribution in [3.05, 3.63) is 63.7 Å². The van der Waals surface area contributed by atoms with E-state index in [1.807, 2.05) is 18.2 Å². The molecule has 3 rings (SSSR count). The fourth-order valence-corrected chi connectivity index (χ4v) is 2.33. The summed E-state index contributed by atoms with van der Waals surface area (Å²) in [6.07, 6.45) is 3.15. The number of rotatable bonds is 2. The van der Waals surface area contributed by atoms with E-state index in [9.17, 15) is 4.79 Å². The first-order chi connectivity index (χ1) is 9.16. The third kappa shape index (κ3) is 2.15. The zero-order valence-corrected chi connectivity index (χ0v) is 11.9. The molecule has 19 heavy (non-hydrogen) atoms. The SMILES string of the molecule is O=C(c1ccccc1)c1cn2c(Cl)ncc(Br)c2n1. The first-order valence-electron chi connectivity index (χ1n) is 5.45. The van der Waals surface area contributed by atoms with Crippen LogP contribution in [0.15, 0.2) is 47.2 Å². The minimum absolute atomic E-state index is 0.146. The van der Waals surface area contributed by atoms with Gasteiger partial charge in [-0.2, -0.15) is 0 Å². The van der Waals surface area contributed by atoms with Crippen molar-refractivity contribution in [3.63, 3.8) is 0 Å². The quantitative estimate of drug-likeness (QED) is 0.532. The Morgan fingerprint density at radius 1 is 1.26 bits per heavy atom. The van der Waals surface area contributed by atoms with Gasteiger partial charge in [0.25, 0.3) is 0 Å². The Balaban J connectivity index is 2.15. The number of halogens is 2. The minimum atomic E-state index is -0.146. The van der Waals surface area contributed by atoms with E-state index in [4.69, 9.17) is 11.6 Å². The number of imidazole rings is 1. The van der Waals surface area contributed by atoms with Crippen LogP contribution in [-0.2, 0) is 0 Å². The van der Waals surface area contributed by atoms with Gasteiger partial charge < -0.3 is 0 Å². The van der Waals surface area contributed by atoms with Crippen molar-refractivity contribution in [2.75, 3.05) is 0 Å². The summed E-state index contributed by atoms with van der Waals surface area (Å²) >= 11 is 9.31. The first-order valence-corrected chi connectivity index (χ1v) is 6.63.